The van der Waals surface area contributed by atoms with Gasteiger partial charge in [0.1, 0.15) is 0 Å². The maximum Gasteiger partial charge on any atom is 0.313 e. The van der Waals surface area contributed by atoms with E-state index in [2.05, 4.69) is 17.0 Å². The average Bonchev–Trinajstić information content (AvgIpc) is 2.64. The van der Waals surface area contributed by atoms with Crippen LogP contribution in [0.1, 0.15) is 38.2 Å². The number of hydrogen-bond acceptors (Lipinski definition) is 4. The Bertz CT molecular complexity index is 527. The number of rotatable bonds is 5. The van der Waals surface area contributed by atoms with E-state index < -0.39 is 5.41 Å². The zero-order valence-corrected chi connectivity index (χ0v) is 14.7. The Morgan fingerprint density at radius 2 is 2.04 bits per heavy atom. The topological polar surface area (TPSA) is 38.8 Å². The van der Waals surface area contributed by atoms with E-state index >= 15 is 0 Å². The third kappa shape index (κ3) is 3.98. The number of piperidine rings is 1. The smallest absolute Gasteiger partial charge is 0.313 e. The van der Waals surface area contributed by atoms with Crippen molar-refractivity contribution in [2.24, 2.45) is 5.41 Å². The molecule has 0 spiro atoms. The van der Waals surface area contributed by atoms with Gasteiger partial charge >= 0.3 is 5.97 Å². The van der Waals surface area contributed by atoms with E-state index in [1.54, 1.807) is 0 Å². The van der Waals surface area contributed by atoms with Crippen LogP contribution in [0.25, 0.3) is 0 Å². The Balaban J connectivity index is 1.79. The molecule has 0 amide bonds. The summed E-state index contributed by atoms with van der Waals surface area (Å²) in [6, 6.07) is 10.9. The van der Waals surface area contributed by atoms with Crippen molar-refractivity contribution in [3.05, 3.63) is 35.9 Å². The minimum Gasteiger partial charge on any atom is -0.466 e. The summed E-state index contributed by atoms with van der Waals surface area (Å²) >= 11 is 0. The van der Waals surface area contributed by atoms with Crippen molar-refractivity contribution in [2.75, 3.05) is 32.9 Å². The van der Waals surface area contributed by atoms with E-state index in [4.69, 9.17) is 9.47 Å². The zero-order valence-electron chi connectivity index (χ0n) is 14.7. The molecule has 0 saturated carbocycles. The van der Waals surface area contributed by atoms with Crippen molar-refractivity contribution < 1.29 is 14.3 Å². The van der Waals surface area contributed by atoms with Gasteiger partial charge in [0, 0.05) is 25.8 Å². The van der Waals surface area contributed by atoms with Crippen LogP contribution in [0.5, 0.6) is 0 Å². The van der Waals surface area contributed by atoms with Crippen LogP contribution in [-0.4, -0.2) is 49.8 Å². The number of esters is 1. The molecule has 1 aromatic rings. The molecule has 0 aliphatic carbocycles. The zero-order chi connectivity index (χ0) is 16.8. The molecule has 2 saturated heterocycles. The number of nitrogens with zero attached hydrogens (tertiary/aromatic N) is 1. The lowest BCUT2D eigenvalue weighted by Crippen LogP contribution is -2.53. The van der Waals surface area contributed by atoms with Crippen LogP contribution in [0.3, 0.4) is 0 Å². The number of hydrogen-bond donors (Lipinski definition) is 0. The average molecular weight is 331 g/mol. The van der Waals surface area contributed by atoms with E-state index in [1.807, 2.05) is 25.1 Å². The Labute approximate surface area is 145 Å². The van der Waals surface area contributed by atoms with Crippen molar-refractivity contribution in [2.45, 2.75) is 45.1 Å². The van der Waals surface area contributed by atoms with Crippen LogP contribution in [0.2, 0.25) is 0 Å². The van der Waals surface area contributed by atoms with Crippen molar-refractivity contribution in [3.63, 3.8) is 0 Å². The van der Waals surface area contributed by atoms with Crippen LogP contribution >= 0.6 is 0 Å². The van der Waals surface area contributed by atoms with Gasteiger partial charge in [0.25, 0.3) is 0 Å². The fourth-order valence-electron chi connectivity index (χ4n) is 4.18. The molecule has 0 N–H and O–H groups in total. The molecule has 4 nitrogen and oxygen atoms in total. The van der Waals surface area contributed by atoms with Gasteiger partial charge in [0.2, 0.25) is 0 Å². The number of likely N-dealkylation sites (tertiary alicyclic amines) is 1. The molecule has 0 bridgehead atoms. The highest BCUT2D eigenvalue weighted by Crippen LogP contribution is 2.37. The van der Waals surface area contributed by atoms with Crippen LogP contribution in [0, 0.1) is 5.41 Å². The number of benzene rings is 1. The normalized spacial score (nSPS) is 26.2. The standard InChI is InChI=1S/C20H29NO3/c1-2-24-19(22)20(15-17-7-4-3-5-8-17)11-6-12-21(16-20)18-9-13-23-14-10-18/h3-5,7-8,18H,2,6,9-16H2,1H3. The molecule has 3 rings (SSSR count). The Morgan fingerprint density at radius 3 is 2.75 bits per heavy atom. The molecule has 0 aromatic heterocycles. The lowest BCUT2D eigenvalue weighted by Gasteiger charge is -2.45. The van der Waals surface area contributed by atoms with Gasteiger partial charge in [-0.2, -0.15) is 0 Å². The molecule has 0 radical (unpaired) electrons. The van der Waals surface area contributed by atoms with E-state index in [-0.39, 0.29) is 5.97 Å². The van der Waals surface area contributed by atoms with Crippen LogP contribution in [-0.2, 0) is 20.7 Å². The molecule has 1 atom stereocenters. The molecule has 2 aliphatic rings. The molecular formula is C20H29NO3. The molecule has 2 heterocycles. The summed E-state index contributed by atoms with van der Waals surface area (Å²) in [7, 11) is 0. The summed E-state index contributed by atoms with van der Waals surface area (Å²) in [6.45, 7) is 5.92. The summed E-state index contributed by atoms with van der Waals surface area (Å²) in [5.74, 6) is -0.0226. The van der Waals surface area contributed by atoms with E-state index in [9.17, 15) is 4.79 Å². The Kier molecular flexibility index (Phi) is 5.90. The molecule has 1 aromatic carbocycles. The quantitative estimate of drug-likeness (QED) is 0.778. The lowest BCUT2D eigenvalue weighted by atomic mass is 9.74. The number of carbonyl (C=O) groups excluding carboxylic acids is 1. The number of ether oxygens (including phenoxy) is 2. The van der Waals surface area contributed by atoms with E-state index in [0.29, 0.717) is 12.6 Å². The molecular weight excluding hydrogens is 302 g/mol. The van der Waals surface area contributed by atoms with Crippen molar-refractivity contribution in [3.8, 4) is 0 Å². The third-order valence-electron chi connectivity index (χ3n) is 5.41. The van der Waals surface area contributed by atoms with Gasteiger partial charge in [0.15, 0.2) is 0 Å². The van der Waals surface area contributed by atoms with Crippen LogP contribution < -0.4 is 0 Å². The fraction of sp³-hybridized carbons (Fsp3) is 0.650. The maximum absolute atomic E-state index is 12.9. The highest BCUT2D eigenvalue weighted by Gasteiger charge is 2.45. The monoisotopic (exact) mass is 331 g/mol. The number of carbonyl (C=O) groups is 1. The molecule has 4 heteroatoms. The fourth-order valence-corrected chi connectivity index (χ4v) is 4.18. The highest BCUT2D eigenvalue weighted by atomic mass is 16.5. The largest absolute Gasteiger partial charge is 0.466 e. The first kappa shape index (κ1) is 17.4. The Morgan fingerprint density at radius 1 is 1.29 bits per heavy atom. The van der Waals surface area contributed by atoms with Crippen molar-refractivity contribution >= 4 is 5.97 Å². The molecule has 2 aliphatic heterocycles. The second-order valence-electron chi connectivity index (χ2n) is 7.08. The summed E-state index contributed by atoms with van der Waals surface area (Å²) in [5, 5.41) is 0. The van der Waals surface area contributed by atoms with E-state index in [0.717, 1.165) is 58.4 Å². The SMILES string of the molecule is CCOC(=O)C1(Cc2ccccc2)CCCN(C2CCOCC2)C1. The summed E-state index contributed by atoms with van der Waals surface area (Å²) < 4.78 is 11.0. The minimum atomic E-state index is -0.409. The summed E-state index contributed by atoms with van der Waals surface area (Å²) in [4.78, 5) is 15.4. The second-order valence-corrected chi connectivity index (χ2v) is 7.08. The van der Waals surface area contributed by atoms with Crippen LogP contribution in [0.4, 0.5) is 0 Å². The summed E-state index contributed by atoms with van der Waals surface area (Å²) in [5.41, 5.74) is 0.813. The lowest BCUT2D eigenvalue weighted by molar-refractivity contribution is -0.160. The Hall–Kier alpha value is -1.39. The first-order chi connectivity index (χ1) is 11.7. The highest BCUT2D eigenvalue weighted by molar-refractivity contribution is 5.77. The van der Waals surface area contributed by atoms with Crippen molar-refractivity contribution in [1.82, 2.24) is 4.90 Å². The van der Waals surface area contributed by atoms with E-state index in [1.165, 1.54) is 5.56 Å². The summed E-state index contributed by atoms with van der Waals surface area (Å²) in [6.07, 6.45) is 4.89. The second kappa shape index (κ2) is 8.13. The maximum atomic E-state index is 12.9. The van der Waals surface area contributed by atoms with Gasteiger partial charge in [-0.25, -0.2) is 0 Å². The first-order valence-corrected chi connectivity index (χ1v) is 9.26. The molecule has 2 fully saturated rings. The van der Waals surface area contributed by atoms with Crippen LogP contribution in [0.15, 0.2) is 30.3 Å². The molecule has 1 unspecified atom stereocenters. The first-order valence-electron chi connectivity index (χ1n) is 9.26. The minimum absolute atomic E-state index is 0.0226. The van der Waals surface area contributed by atoms with Crippen molar-refractivity contribution in [1.29, 1.82) is 0 Å². The predicted molar refractivity (Wildman–Crippen MR) is 93.9 cm³/mol. The van der Waals surface area contributed by atoms with Gasteiger partial charge in [-0.05, 0) is 51.1 Å². The van der Waals surface area contributed by atoms with Gasteiger partial charge in [-0.15, -0.1) is 0 Å². The van der Waals surface area contributed by atoms with Gasteiger partial charge in [-0.1, -0.05) is 30.3 Å². The predicted octanol–water partition coefficient (Wildman–Crippen LogP) is 3.05. The van der Waals surface area contributed by atoms with Gasteiger partial charge in [-0.3, -0.25) is 9.69 Å². The van der Waals surface area contributed by atoms with Gasteiger partial charge < -0.3 is 9.47 Å². The van der Waals surface area contributed by atoms with Gasteiger partial charge in [0.05, 0.1) is 12.0 Å². The molecule has 24 heavy (non-hydrogen) atoms. The third-order valence-corrected chi connectivity index (χ3v) is 5.41. The molecule has 132 valence electrons.